The number of thiazole rings is 1. The summed E-state index contributed by atoms with van der Waals surface area (Å²) in [6, 6.07) is 8.10. The fourth-order valence-corrected chi connectivity index (χ4v) is 3.48. The highest BCUT2D eigenvalue weighted by Gasteiger charge is 2.27. The van der Waals surface area contributed by atoms with E-state index in [0.29, 0.717) is 6.54 Å². The van der Waals surface area contributed by atoms with Gasteiger partial charge in [0.05, 0.1) is 12.0 Å². The van der Waals surface area contributed by atoms with Crippen LogP contribution in [0.3, 0.4) is 0 Å². The van der Waals surface area contributed by atoms with Crippen LogP contribution in [0.4, 0.5) is 0 Å². The van der Waals surface area contributed by atoms with Crippen LogP contribution in [-0.4, -0.2) is 17.4 Å². The molecule has 1 aromatic heterocycles. The first-order valence-corrected chi connectivity index (χ1v) is 8.04. The molecule has 1 amide bonds. The van der Waals surface area contributed by atoms with E-state index in [2.05, 4.69) is 27.8 Å². The fraction of sp³-hybridized carbons (Fsp3) is 0.375. The summed E-state index contributed by atoms with van der Waals surface area (Å²) in [4.78, 5) is 17.0. The monoisotopic (exact) mass is 301 g/mol. The standard InChI is InChI=1S/C16H19N3OS/c1-10-9-21-16(18-10)11(2)19-15(20)14-8-17-7-12-5-3-4-6-13(12)14/h3-6,9,11,14,17H,7-8H2,1-2H3,(H,19,20). The highest BCUT2D eigenvalue weighted by Crippen LogP contribution is 2.25. The smallest absolute Gasteiger partial charge is 0.229 e. The second kappa shape index (κ2) is 5.95. The number of aromatic nitrogens is 1. The van der Waals surface area contributed by atoms with Gasteiger partial charge in [-0.1, -0.05) is 24.3 Å². The summed E-state index contributed by atoms with van der Waals surface area (Å²) < 4.78 is 0. The molecule has 5 heteroatoms. The van der Waals surface area contributed by atoms with Crippen LogP contribution >= 0.6 is 11.3 Å². The lowest BCUT2D eigenvalue weighted by atomic mass is 9.90. The summed E-state index contributed by atoms with van der Waals surface area (Å²) in [6.07, 6.45) is 0. The summed E-state index contributed by atoms with van der Waals surface area (Å²) in [6.45, 7) is 5.47. The van der Waals surface area contributed by atoms with E-state index in [4.69, 9.17) is 0 Å². The number of carbonyl (C=O) groups is 1. The van der Waals surface area contributed by atoms with Crippen molar-refractivity contribution in [2.75, 3.05) is 6.54 Å². The lowest BCUT2D eigenvalue weighted by Crippen LogP contribution is -2.39. The Morgan fingerprint density at radius 3 is 3.05 bits per heavy atom. The Morgan fingerprint density at radius 1 is 1.48 bits per heavy atom. The number of carbonyl (C=O) groups excluding carboxylic acids is 1. The average Bonchev–Trinajstić information content (AvgIpc) is 2.93. The van der Waals surface area contributed by atoms with E-state index in [9.17, 15) is 4.79 Å². The summed E-state index contributed by atoms with van der Waals surface area (Å²) in [5, 5.41) is 9.37. The minimum Gasteiger partial charge on any atom is -0.347 e. The van der Waals surface area contributed by atoms with E-state index in [-0.39, 0.29) is 17.9 Å². The van der Waals surface area contributed by atoms with Gasteiger partial charge in [0.1, 0.15) is 5.01 Å². The van der Waals surface area contributed by atoms with Crippen LogP contribution in [0.25, 0.3) is 0 Å². The largest absolute Gasteiger partial charge is 0.347 e. The lowest BCUT2D eigenvalue weighted by Gasteiger charge is -2.26. The zero-order chi connectivity index (χ0) is 14.8. The van der Waals surface area contributed by atoms with Crippen LogP contribution in [0.5, 0.6) is 0 Å². The Hall–Kier alpha value is -1.72. The van der Waals surface area contributed by atoms with Crippen molar-refractivity contribution in [2.24, 2.45) is 0 Å². The molecule has 110 valence electrons. The van der Waals surface area contributed by atoms with Crippen LogP contribution < -0.4 is 10.6 Å². The molecule has 2 N–H and O–H groups in total. The highest BCUT2D eigenvalue weighted by atomic mass is 32.1. The maximum atomic E-state index is 12.6. The van der Waals surface area contributed by atoms with Crippen molar-refractivity contribution in [3.63, 3.8) is 0 Å². The minimum absolute atomic E-state index is 0.0507. The van der Waals surface area contributed by atoms with Crippen molar-refractivity contribution < 1.29 is 4.79 Å². The number of amides is 1. The zero-order valence-corrected chi connectivity index (χ0v) is 13.0. The van der Waals surface area contributed by atoms with E-state index in [1.54, 1.807) is 11.3 Å². The molecule has 1 aliphatic rings. The molecule has 1 aliphatic heterocycles. The van der Waals surface area contributed by atoms with Gasteiger partial charge in [-0.2, -0.15) is 0 Å². The third kappa shape index (κ3) is 2.99. The molecule has 2 unspecified atom stereocenters. The first kappa shape index (κ1) is 14.2. The normalized spacial score (nSPS) is 18.9. The Morgan fingerprint density at radius 2 is 2.29 bits per heavy atom. The Balaban J connectivity index is 1.74. The molecule has 0 saturated carbocycles. The van der Waals surface area contributed by atoms with E-state index >= 15 is 0 Å². The van der Waals surface area contributed by atoms with E-state index in [1.807, 2.05) is 31.4 Å². The Kier molecular flexibility index (Phi) is 4.03. The SMILES string of the molecule is Cc1csc(C(C)NC(=O)C2CNCc3ccccc32)n1. The number of benzene rings is 1. The molecule has 0 aliphatic carbocycles. The molecule has 0 bridgehead atoms. The molecule has 0 fully saturated rings. The molecular formula is C16H19N3OS. The first-order valence-electron chi connectivity index (χ1n) is 7.16. The number of nitrogens with one attached hydrogen (secondary N) is 2. The van der Waals surface area contributed by atoms with E-state index in [1.165, 1.54) is 5.56 Å². The van der Waals surface area contributed by atoms with Gasteiger partial charge >= 0.3 is 0 Å². The molecule has 0 radical (unpaired) electrons. The van der Waals surface area contributed by atoms with Gasteiger partial charge in [0.25, 0.3) is 0 Å². The van der Waals surface area contributed by atoms with Gasteiger partial charge in [-0.3, -0.25) is 4.79 Å². The van der Waals surface area contributed by atoms with Gasteiger partial charge in [-0.25, -0.2) is 4.98 Å². The number of aryl methyl sites for hydroxylation is 1. The van der Waals surface area contributed by atoms with Crippen LogP contribution in [-0.2, 0) is 11.3 Å². The third-order valence-electron chi connectivity index (χ3n) is 3.78. The average molecular weight is 301 g/mol. The number of rotatable bonds is 3. The highest BCUT2D eigenvalue weighted by molar-refractivity contribution is 7.09. The van der Waals surface area contributed by atoms with Crippen molar-refractivity contribution in [3.8, 4) is 0 Å². The molecule has 2 heterocycles. The number of nitrogens with zero attached hydrogens (tertiary/aromatic N) is 1. The number of hydrogen-bond acceptors (Lipinski definition) is 4. The van der Waals surface area contributed by atoms with Crippen molar-refractivity contribution in [1.82, 2.24) is 15.6 Å². The van der Waals surface area contributed by atoms with Crippen molar-refractivity contribution in [1.29, 1.82) is 0 Å². The van der Waals surface area contributed by atoms with Gasteiger partial charge in [0, 0.05) is 24.2 Å². The molecule has 3 rings (SSSR count). The Bertz CT molecular complexity index is 652. The van der Waals surface area contributed by atoms with Crippen LogP contribution in [0.2, 0.25) is 0 Å². The van der Waals surface area contributed by atoms with Gasteiger partial charge < -0.3 is 10.6 Å². The van der Waals surface area contributed by atoms with Gasteiger partial charge in [-0.15, -0.1) is 11.3 Å². The van der Waals surface area contributed by atoms with Gasteiger partial charge in [-0.05, 0) is 25.0 Å². The van der Waals surface area contributed by atoms with Crippen LogP contribution in [0.1, 0.15) is 40.7 Å². The lowest BCUT2D eigenvalue weighted by molar-refractivity contribution is -0.123. The summed E-state index contributed by atoms with van der Waals surface area (Å²) in [5.41, 5.74) is 3.35. The molecule has 1 aromatic carbocycles. The number of hydrogen-bond donors (Lipinski definition) is 2. The molecule has 4 nitrogen and oxygen atoms in total. The van der Waals surface area contributed by atoms with Crippen LogP contribution in [0, 0.1) is 6.92 Å². The summed E-state index contributed by atoms with van der Waals surface area (Å²) >= 11 is 1.59. The van der Waals surface area contributed by atoms with E-state index in [0.717, 1.165) is 22.8 Å². The minimum atomic E-state index is -0.126. The quantitative estimate of drug-likeness (QED) is 0.916. The predicted octanol–water partition coefficient (Wildman–Crippen LogP) is 2.52. The van der Waals surface area contributed by atoms with Gasteiger partial charge in [0.2, 0.25) is 5.91 Å². The molecule has 2 aromatic rings. The zero-order valence-electron chi connectivity index (χ0n) is 12.2. The fourth-order valence-electron chi connectivity index (χ4n) is 2.68. The van der Waals surface area contributed by atoms with Crippen LogP contribution in [0.15, 0.2) is 29.6 Å². The molecule has 2 atom stereocenters. The molecule has 21 heavy (non-hydrogen) atoms. The molecular weight excluding hydrogens is 282 g/mol. The van der Waals surface area contributed by atoms with Gasteiger partial charge in [0.15, 0.2) is 0 Å². The maximum Gasteiger partial charge on any atom is 0.229 e. The number of fused-ring (bicyclic) bond motifs is 1. The predicted molar refractivity (Wildman–Crippen MR) is 84.3 cm³/mol. The third-order valence-corrected chi connectivity index (χ3v) is 4.92. The maximum absolute atomic E-state index is 12.6. The Labute approximate surface area is 128 Å². The van der Waals surface area contributed by atoms with Crippen molar-refractivity contribution in [2.45, 2.75) is 32.4 Å². The topological polar surface area (TPSA) is 54.0 Å². The first-order chi connectivity index (χ1) is 10.1. The molecule has 0 saturated heterocycles. The van der Waals surface area contributed by atoms with E-state index < -0.39 is 0 Å². The second-order valence-corrected chi connectivity index (χ2v) is 6.33. The summed E-state index contributed by atoms with van der Waals surface area (Å²) in [7, 11) is 0. The van der Waals surface area contributed by atoms with Crippen molar-refractivity contribution in [3.05, 3.63) is 51.5 Å². The second-order valence-electron chi connectivity index (χ2n) is 5.44. The molecule has 0 spiro atoms. The summed E-state index contributed by atoms with van der Waals surface area (Å²) in [5.74, 6) is -0.0616. The van der Waals surface area contributed by atoms with Crippen molar-refractivity contribution >= 4 is 17.2 Å².